The lowest BCUT2D eigenvalue weighted by atomic mass is 9.80. The number of hydrogen-bond donors (Lipinski definition) is 1. The van der Waals surface area contributed by atoms with Gasteiger partial charge in [0.1, 0.15) is 6.10 Å². The van der Waals surface area contributed by atoms with Crippen LogP contribution in [0.4, 0.5) is 0 Å². The Bertz CT molecular complexity index is 554. The minimum atomic E-state index is -0.446. The van der Waals surface area contributed by atoms with Gasteiger partial charge in [-0.1, -0.05) is 27.7 Å². The van der Waals surface area contributed by atoms with Crippen molar-refractivity contribution in [3.63, 3.8) is 0 Å². The van der Waals surface area contributed by atoms with Gasteiger partial charge in [0.25, 0.3) is 0 Å². The number of ether oxygens (including phenoxy) is 1. The molecule has 136 valence electrons. The third-order valence-corrected chi connectivity index (χ3v) is 4.70. The van der Waals surface area contributed by atoms with Crippen LogP contribution in [0.3, 0.4) is 0 Å². The molecule has 0 saturated carbocycles. The molecule has 1 aliphatic heterocycles. The van der Waals surface area contributed by atoms with Crippen molar-refractivity contribution in [1.82, 2.24) is 14.9 Å². The van der Waals surface area contributed by atoms with Gasteiger partial charge in [-0.2, -0.15) is 0 Å². The maximum Gasteiger partial charge on any atom is 0.316 e. The maximum atomic E-state index is 12.5. The fourth-order valence-electron chi connectivity index (χ4n) is 2.73. The molecule has 2 rings (SSSR count). The number of halogens is 2. The van der Waals surface area contributed by atoms with E-state index in [-0.39, 0.29) is 35.8 Å². The van der Waals surface area contributed by atoms with Crippen molar-refractivity contribution in [3.8, 4) is 6.01 Å². The summed E-state index contributed by atoms with van der Waals surface area (Å²) in [6, 6.07) is -0.0805. The first-order chi connectivity index (χ1) is 10.7. The van der Waals surface area contributed by atoms with Gasteiger partial charge < -0.3 is 15.4 Å². The zero-order valence-corrected chi connectivity index (χ0v) is 16.9. The molecule has 1 aliphatic rings. The average molecular weight is 422 g/mol. The molecule has 2 atom stereocenters. The predicted octanol–water partition coefficient (Wildman–Crippen LogP) is 2.65. The van der Waals surface area contributed by atoms with Gasteiger partial charge in [-0.15, -0.1) is 12.4 Å². The lowest BCUT2D eigenvalue weighted by molar-refractivity contribution is -0.139. The number of piperidine rings is 1. The Balaban J connectivity index is 0.00000288. The second-order valence-electron chi connectivity index (χ2n) is 7.10. The van der Waals surface area contributed by atoms with Crippen LogP contribution in [0.25, 0.3) is 0 Å². The molecule has 24 heavy (non-hydrogen) atoms. The summed E-state index contributed by atoms with van der Waals surface area (Å²) in [5, 5.41) is 0. The van der Waals surface area contributed by atoms with Crippen LogP contribution in [0.2, 0.25) is 0 Å². The largest absolute Gasteiger partial charge is 0.459 e. The van der Waals surface area contributed by atoms with Gasteiger partial charge in [0, 0.05) is 37.3 Å². The number of nitrogens with two attached hydrogens (primary N) is 1. The van der Waals surface area contributed by atoms with Crippen molar-refractivity contribution in [1.29, 1.82) is 0 Å². The van der Waals surface area contributed by atoms with E-state index >= 15 is 0 Å². The molecule has 1 saturated heterocycles. The lowest BCUT2D eigenvalue weighted by Crippen LogP contribution is -2.56. The summed E-state index contributed by atoms with van der Waals surface area (Å²) in [6.07, 6.45) is 4.02. The molecule has 0 aliphatic carbocycles. The van der Waals surface area contributed by atoms with Crippen LogP contribution < -0.4 is 10.5 Å². The quantitative estimate of drug-likeness (QED) is 0.808. The monoisotopic (exact) mass is 420 g/mol. The minimum absolute atomic E-state index is 0. The molecule has 2 heterocycles. The van der Waals surface area contributed by atoms with E-state index in [0.717, 1.165) is 10.9 Å². The third kappa shape index (κ3) is 5.04. The zero-order valence-electron chi connectivity index (χ0n) is 14.5. The van der Waals surface area contributed by atoms with Gasteiger partial charge >= 0.3 is 6.01 Å². The fraction of sp³-hybridized carbons (Fsp3) is 0.688. The Hall–Kier alpha value is -0.920. The molecule has 1 fully saturated rings. The Labute approximate surface area is 158 Å². The summed E-state index contributed by atoms with van der Waals surface area (Å²) in [7, 11) is 0. The number of carbonyl (C=O) groups is 1. The Morgan fingerprint density at radius 2 is 2.00 bits per heavy atom. The van der Waals surface area contributed by atoms with Crippen molar-refractivity contribution < 1.29 is 9.53 Å². The number of amides is 1. The molecule has 1 aromatic rings. The molecule has 0 radical (unpaired) electrons. The highest BCUT2D eigenvalue weighted by atomic mass is 79.9. The van der Waals surface area contributed by atoms with E-state index in [0.29, 0.717) is 19.1 Å². The van der Waals surface area contributed by atoms with Gasteiger partial charge in [-0.25, -0.2) is 9.97 Å². The summed E-state index contributed by atoms with van der Waals surface area (Å²) in [5.74, 6) is 0.155. The van der Waals surface area contributed by atoms with Crippen LogP contribution >= 0.6 is 28.3 Å². The van der Waals surface area contributed by atoms with Crippen LogP contribution in [0.1, 0.15) is 34.1 Å². The Kier molecular flexibility index (Phi) is 7.44. The van der Waals surface area contributed by atoms with Gasteiger partial charge in [0.15, 0.2) is 0 Å². The first-order valence-electron chi connectivity index (χ1n) is 7.89. The topological polar surface area (TPSA) is 81.3 Å². The van der Waals surface area contributed by atoms with Crippen molar-refractivity contribution in [3.05, 3.63) is 16.9 Å². The molecule has 2 N–H and O–H groups in total. The minimum Gasteiger partial charge on any atom is -0.459 e. The van der Waals surface area contributed by atoms with Crippen molar-refractivity contribution in [2.75, 3.05) is 13.1 Å². The van der Waals surface area contributed by atoms with Crippen molar-refractivity contribution in [2.24, 2.45) is 17.1 Å². The van der Waals surface area contributed by atoms with Gasteiger partial charge in [0.05, 0.1) is 10.5 Å². The van der Waals surface area contributed by atoms with Crippen LogP contribution in [-0.4, -0.2) is 46.0 Å². The molecular weight excluding hydrogens is 396 g/mol. The number of rotatable bonds is 4. The molecule has 0 aromatic carbocycles. The van der Waals surface area contributed by atoms with Crippen LogP contribution in [0.15, 0.2) is 16.9 Å². The molecule has 1 unspecified atom stereocenters. The van der Waals surface area contributed by atoms with E-state index in [1.165, 1.54) is 0 Å². The SMILES string of the molecule is CC(C)[C@H](N)C(=O)N1CCC(Oc2ncc(Br)cn2)C(C)(C)C1.Cl. The van der Waals surface area contributed by atoms with E-state index in [1.54, 1.807) is 12.4 Å². The van der Waals surface area contributed by atoms with Crippen molar-refractivity contribution in [2.45, 2.75) is 46.3 Å². The summed E-state index contributed by atoms with van der Waals surface area (Å²) in [5.41, 5.74) is 5.81. The fourth-order valence-corrected chi connectivity index (χ4v) is 2.93. The van der Waals surface area contributed by atoms with Gasteiger partial charge in [-0.05, 0) is 21.8 Å². The second kappa shape index (κ2) is 8.45. The average Bonchev–Trinajstić information content (AvgIpc) is 2.49. The molecule has 8 heteroatoms. The van der Waals surface area contributed by atoms with Crippen molar-refractivity contribution >= 4 is 34.2 Å². The van der Waals surface area contributed by atoms with E-state index in [9.17, 15) is 4.79 Å². The van der Waals surface area contributed by atoms with E-state index in [1.807, 2.05) is 18.7 Å². The smallest absolute Gasteiger partial charge is 0.316 e. The summed E-state index contributed by atoms with van der Waals surface area (Å²) >= 11 is 3.31. The highest BCUT2D eigenvalue weighted by Gasteiger charge is 2.40. The highest BCUT2D eigenvalue weighted by molar-refractivity contribution is 9.10. The summed E-state index contributed by atoms with van der Waals surface area (Å²) in [4.78, 5) is 22.6. The predicted molar refractivity (Wildman–Crippen MR) is 99.2 cm³/mol. The summed E-state index contributed by atoms with van der Waals surface area (Å²) < 4.78 is 6.76. The van der Waals surface area contributed by atoms with E-state index in [2.05, 4.69) is 39.7 Å². The summed E-state index contributed by atoms with van der Waals surface area (Å²) in [6.45, 7) is 9.38. The zero-order chi connectivity index (χ0) is 17.2. The number of carbonyl (C=O) groups excluding carboxylic acids is 1. The number of aromatic nitrogens is 2. The molecule has 6 nitrogen and oxygen atoms in total. The number of likely N-dealkylation sites (tertiary alicyclic amines) is 1. The molecular formula is C16H26BrClN4O2. The number of nitrogens with zero attached hydrogens (tertiary/aromatic N) is 3. The van der Waals surface area contributed by atoms with E-state index < -0.39 is 6.04 Å². The van der Waals surface area contributed by atoms with Gasteiger partial charge in [-0.3, -0.25) is 4.79 Å². The lowest BCUT2D eigenvalue weighted by Gasteiger charge is -2.44. The van der Waals surface area contributed by atoms with E-state index in [4.69, 9.17) is 10.5 Å². The molecule has 1 amide bonds. The molecule has 1 aromatic heterocycles. The van der Waals surface area contributed by atoms with Crippen LogP contribution in [0, 0.1) is 11.3 Å². The second-order valence-corrected chi connectivity index (χ2v) is 8.01. The Morgan fingerprint density at radius 1 is 1.42 bits per heavy atom. The maximum absolute atomic E-state index is 12.5. The molecule has 0 bridgehead atoms. The highest BCUT2D eigenvalue weighted by Crippen LogP contribution is 2.32. The number of hydrogen-bond acceptors (Lipinski definition) is 5. The van der Waals surface area contributed by atoms with Crippen LogP contribution in [0.5, 0.6) is 6.01 Å². The van der Waals surface area contributed by atoms with Gasteiger partial charge in [0.2, 0.25) is 5.91 Å². The Morgan fingerprint density at radius 3 is 2.50 bits per heavy atom. The normalized spacial score (nSPS) is 21.1. The first-order valence-corrected chi connectivity index (χ1v) is 8.68. The molecule has 0 spiro atoms. The first kappa shape index (κ1) is 21.1. The van der Waals surface area contributed by atoms with Crippen LogP contribution in [-0.2, 0) is 4.79 Å². The standard InChI is InChI=1S/C16H25BrN4O2.ClH/c1-10(2)13(18)14(22)21-6-5-12(16(3,4)9-21)23-15-19-7-11(17)8-20-15;/h7-8,10,12-13H,5-6,9,18H2,1-4H3;1H/t12?,13-;/m0./s1. The third-order valence-electron chi connectivity index (χ3n) is 4.29.